The first-order valence-electron chi connectivity index (χ1n) is 1.56. The van der Waals surface area contributed by atoms with Gasteiger partial charge in [0.05, 0.1) is 0 Å². The molecule has 0 aliphatic carbocycles. The molecule has 0 aromatic rings. The van der Waals surface area contributed by atoms with Crippen LogP contribution in [0.4, 0.5) is 0 Å². The summed E-state index contributed by atoms with van der Waals surface area (Å²) in [5, 5.41) is 2.93. The number of hydrogen-bond acceptors (Lipinski definition) is 1. The van der Waals surface area contributed by atoms with Gasteiger partial charge in [-0.05, 0) is 13.6 Å². The normalized spacial score (nSPS) is 3.75. The predicted octanol–water partition coefficient (Wildman–Crippen LogP) is -9.14. The third-order valence-electron chi connectivity index (χ3n) is 0.354. The molecule has 0 heterocycles. The van der Waals surface area contributed by atoms with E-state index in [1.54, 1.807) is 0 Å². The predicted molar refractivity (Wildman–Crippen MR) is 25.4 cm³/mol. The van der Waals surface area contributed by atoms with Crippen LogP contribution in [-0.2, 0) is 0 Å². The van der Waals surface area contributed by atoms with Crippen molar-refractivity contribution in [2.24, 2.45) is 0 Å². The van der Waals surface area contributed by atoms with Crippen LogP contribution in [0.1, 0.15) is 6.92 Å². The Labute approximate surface area is 49.5 Å². The Morgan fingerprint density at radius 3 is 1.25 bits per heavy atom. The van der Waals surface area contributed by atoms with Gasteiger partial charge in [0.1, 0.15) is 0 Å². The average molecular weight is 127 g/mol. The van der Waals surface area contributed by atoms with Crippen molar-refractivity contribution in [1.29, 1.82) is 0 Å². The maximum absolute atomic E-state index is 2.93. The topological polar surface area (TPSA) is 12.0 Å². The van der Waals surface area contributed by atoms with Gasteiger partial charge in [-0.2, -0.15) is 0 Å². The molecule has 0 aromatic heterocycles. The van der Waals surface area contributed by atoms with E-state index in [1.165, 1.54) is 0 Å². The van der Waals surface area contributed by atoms with Crippen LogP contribution >= 0.6 is 0 Å². The molecule has 5 heteroatoms. The molecule has 1 N–H and O–H groups in total. The van der Waals surface area contributed by atoms with Gasteiger partial charge in [0, 0.05) is 0 Å². The molecular weight excluding hydrogens is 118 g/mol. The minimum absolute atomic E-state index is 0. The molecule has 0 bridgehead atoms. The van der Waals surface area contributed by atoms with Gasteiger partial charge in [-0.15, -0.1) is 0 Å². The van der Waals surface area contributed by atoms with Gasteiger partial charge in [0.2, 0.25) is 0 Å². The summed E-state index contributed by atoms with van der Waals surface area (Å²) in [7, 11) is 1.93. The van der Waals surface area contributed by atoms with Crippen molar-refractivity contribution in [3.63, 3.8) is 0 Å². The first-order chi connectivity index (χ1) is 1.91. The molecule has 0 aliphatic rings. The minimum atomic E-state index is 0. The van der Waals surface area contributed by atoms with E-state index in [1.807, 2.05) is 7.05 Å². The zero-order valence-corrected chi connectivity index (χ0v) is 4.92. The van der Waals surface area contributed by atoms with Crippen molar-refractivity contribution in [1.82, 2.24) is 5.32 Å². The van der Waals surface area contributed by atoms with E-state index in [2.05, 4.69) is 12.2 Å². The summed E-state index contributed by atoms with van der Waals surface area (Å²) in [4.78, 5) is 0. The Morgan fingerprint density at radius 1 is 1.12 bits per heavy atom. The zero-order valence-electron chi connectivity index (χ0n) is 4.92. The Morgan fingerprint density at radius 2 is 1.25 bits per heavy atom. The van der Waals surface area contributed by atoms with Crippen molar-refractivity contribution in [2.45, 2.75) is 6.92 Å². The molecule has 0 aliphatic heterocycles. The fourth-order valence-electron chi connectivity index (χ4n) is 0. The molecule has 0 amide bonds. The summed E-state index contributed by atoms with van der Waals surface area (Å²) in [5.74, 6) is 0. The van der Waals surface area contributed by atoms with Gasteiger partial charge in [-0.3, -0.25) is 0 Å². The van der Waals surface area contributed by atoms with Crippen LogP contribution in [0.15, 0.2) is 0 Å². The van der Waals surface area contributed by atoms with Gasteiger partial charge in [0.25, 0.3) is 0 Å². The number of rotatable bonds is 1. The first-order valence-corrected chi connectivity index (χ1v) is 1.56. The number of nitrogens with one attached hydrogen (secondary N) is 1. The van der Waals surface area contributed by atoms with Crippen LogP contribution in [0.3, 0.4) is 0 Å². The number of hydrogen-bond donors (Lipinski definition) is 1. The van der Waals surface area contributed by atoms with E-state index in [4.69, 9.17) is 0 Å². The van der Waals surface area contributed by atoms with Gasteiger partial charge in [-0.25, -0.2) is 0 Å². The first kappa shape index (κ1) is 45.8. The second kappa shape index (κ2) is 70.0. The maximum atomic E-state index is 2.93. The molecule has 0 rings (SSSR count). The van der Waals surface area contributed by atoms with Crippen molar-refractivity contribution >= 4 is 8.41 Å². The maximum Gasteiger partial charge on any atom is 3.00 e. The second-order valence-electron chi connectivity index (χ2n) is 0.707. The Bertz CT molecular complexity index is 16.5. The molecule has 0 unspecified atom stereocenters. The molecule has 1 nitrogen and oxygen atoms in total. The van der Waals surface area contributed by atoms with Crippen molar-refractivity contribution < 1.29 is 14.1 Å². The summed E-state index contributed by atoms with van der Waals surface area (Å²) in [6.45, 7) is 3.14. The van der Waals surface area contributed by atoms with Crippen LogP contribution in [0.25, 0.3) is 0 Å². The van der Waals surface area contributed by atoms with Crippen LogP contribution in [0.5, 0.6) is 0 Å². The Hall–Kier alpha value is -0.185. The monoisotopic (exact) mass is 127 g/mol. The third kappa shape index (κ3) is 203. The fourth-order valence-corrected chi connectivity index (χ4v) is 0. The van der Waals surface area contributed by atoms with E-state index in [-0.39, 0.29) is 22.5 Å². The van der Waals surface area contributed by atoms with E-state index in [9.17, 15) is 0 Å². The summed E-state index contributed by atoms with van der Waals surface area (Å²) in [6, 6.07) is 0. The Balaban J connectivity index is -0.00000000750. The molecule has 0 saturated carbocycles. The van der Waals surface area contributed by atoms with Crippen molar-refractivity contribution in [3.8, 4) is 0 Å². The van der Waals surface area contributed by atoms with Crippen LogP contribution in [0, 0.1) is 0 Å². The summed E-state index contributed by atoms with van der Waals surface area (Å²) in [5.41, 5.74) is 0. The number of halogens is 3. The molecule has 0 saturated heterocycles. The van der Waals surface area contributed by atoms with Gasteiger partial charge in [0.15, 0.2) is 0 Å². The summed E-state index contributed by atoms with van der Waals surface area (Å²) >= 11 is 0. The van der Waals surface area contributed by atoms with Gasteiger partial charge in [-0.1, -0.05) is 6.92 Å². The fraction of sp³-hybridized carbons (Fsp3) is 1.00. The van der Waals surface area contributed by atoms with Crippen molar-refractivity contribution in [2.75, 3.05) is 13.6 Å². The van der Waals surface area contributed by atoms with E-state index < -0.39 is 0 Å². The SMILES string of the molecule is CCNC.[B+3].[F-].[F-].[F-]. The van der Waals surface area contributed by atoms with Crippen LogP contribution < -0.4 is 19.4 Å². The Kier molecular flexibility index (Phi) is 401. The molecule has 0 fully saturated rings. The van der Waals surface area contributed by atoms with Crippen LogP contribution in [-0.4, -0.2) is 22.0 Å². The van der Waals surface area contributed by atoms with Gasteiger partial charge >= 0.3 is 8.41 Å². The molecule has 0 spiro atoms. The summed E-state index contributed by atoms with van der Waals surface area (Å²) < 4.78 is 0. The molecule has 8 heavy (non-hydrogen) atoms. The molecule has 0 aromatic carbocycles. The van der Waals surface area contributed by atoms with Gasteiger partial charge < -0.3 is 19.4 Å². The molecular formula is C3H9BF3N. The molecule has 0 atom stereocenters. The average Bonchev–Trinajstić information content (AvgIpc) is 1.37. The molecule has 50 valence electrons. The third-order valence-corrected chi connectivity index (χ3v) is 0.354. The van der Waals surface area contributed by atoms with E-state index in [0.717, 1.165) is 6.54 Å². The van der Waals surface area contributed by atoms with Crippen molar-refractivity contribution in [3.05, 3.63) is 0 Å². The largest absolute Gasteiger partial charge is 3.00 e. The van der Waals surface area contributed by atoms with E-state index >= 15 is 0 Å². The quantitative estimate of drug-likeness (QED) is 0.345. The smallest absolute Gasteiger partial charge is 1.00 e. The minimum Gasteiger partial charge on any atom is -1.00 e. The zero-order chi connectivity index (χ0) is 3.41. The standard InChI is InChI=1S/C3H9N.B.3FH/c1-3-4-2;;;;/h4H,3H2,1-2H3;;3*1H/q;+3;;;/p-3. The second-order valence-corrected chi connectivity index (χ2v) is 0.707. The molecule has 0 radical (unpaired) electrons. The van der Waals surface area contributed by atoms with E-state index in [0.29, 0.717) is 0 Å². The van der Waals surface area contributed by atoms with Crippen LogP contribution in [0.2, 0.25) is 0 Å². The summed E-state index contributed by atoms with van der Waals surface area (Å²) in [6.07, 6.45) is 0.